The van der Waals surface area contributed by atoms with Crippen LogP contribution in [0.1, 0.15) is 48.9 Å². The molecule has 2 aromatic carbocycles. The van der Waals surface area contributed by atoms with Gasteiger partial charge in [0.1, 0.15) is 11.5 Å². The Hall–Kier alpha value is -2.48. The van der Waals surface area contributed by atoms with Crippen LogP contribution in [0.5, 0.6) is 11.5 Å². The highest BCUT2D eigenvalue weighted by Gasteiger charge is 2.19. The minimum atomic E-state index is 0.245. The number of hydrogen-bond donors (Lipinski definition) is 0. The first-order chi connectivity index (χ1) is 12.2. The van der Waals surface area contributed by atoms with E-state index in [9.17, 15) is 0 Å². The summed E-state index contributed by atoms with van der Waals surface area (Å²) < 4.78 is 11.6. The third-order valence-corrected chi connectivity index (χ3v) is 4.94. The van der Waals surface area contributed by atoms with Gasteiger partial charge < -0.3 is 9.47 Å². The van der Waals surface area contributed by atoms with Crippen molar-refractivity contribution >= 4 is 17.7 Å². The van der Waals surface area contributed by atoms with E-state index in [4.69, 9.17) is 9.47 Å². The number of ether oxygens (including phenoxy) is 2. The molecule has 4 rings (SSSR count). The van der Waals surface area contributed by atoms with E-state index in [2.05, 4.69) is 61.5 Å². The van der Waals surface area contributed by atoms with Gasteiger partial charge in [0.05, 0.1) is 12.7 Å². The van der Waals surface area contributed by atoms with Gasteiger partial charge in [0.2, 0.25) is 0 Å². The standard InChI is InChI=1S/C23H24O2/c1-3-24-20-11-7-17(8-12-20)18-9-13-21-19(15-18)10-14-23-22(21)6-4-5-16(2)25-23/h4,6-8,10-12,14-16H,3,5,9,13H2,1-2H3. The Morgan fingerprint density at radius 3 is 2.72 bits per heavy atom. The quantitative estimate of drug-likeness (QED) is 0.712. The second kappa shape index (κ2) is 6.79. The predicted molar refractivity (Wildman–Crippen MR) is 104 cm³/mol. The first kappa shape index (κ1) is 16.0. The molecule has 2 aromatic rings. The monoisotopic (exact) mass is 332 g/mol. The summed E-state index contributed by atoms with van der Waals surface area (Å²) in [5, 5.41) is 0. The summed E-state index contributed by atoms with van der Waals surface area (Å²) in [6.45, 7) is 4.84. The van der Waals surface area contributed by atoms with Gasteiger partial charge in [0, 0.05) is 12.0 Å². The van der Waals surface area contributed by atoms with Crippen molar-refractivity contribution in [2.45, 2.75) is 39.2 Å². The third kappa shape index (κ3) is 3.21. The second-order valence-corrected chi connectivity index (χ2v) is 6.74. The van der Waals surface area contributed by atoms with Crippen LogP contribution in [0.3, 0.4) is 0 Å². The maximum Gasteiger partial charge on any atom is 0.127 e. The molecule has 2 heteroatoms. The molecule has 0 bridgehead atoms. The predicted octanol–water partition coefficient (Wildman–Crippen LogP) is 5.76. The molecule has 0 aromatic heterocycles. The molecule has 2 aliphatic rings. The van der Waals surface area contributed by atoms with E-state index in [1.807, 2.05) is 6.92 Å². The van der Waals surface area contributed by atoms with Crippen molar-refractivity contribution in [3.05, 3.63) is 64.7 Å². The van der Waals surface area contributed by atoms with E-state index in [1.54, 1.807) is 0 Å². The smallest absolute Gasteiger partial charge is 0.127 e. The van der Waals surface area contributed by atoms with Crippen molar-refractivity contribution in [1.29, 1.82) is 0 Å². The Morgan fingerprint density at radius 1 is 1.08 bits per heavy atom. The molecule has 0 radical (unpaired) electrons. The summed E-state index contributed by atoms with van der Waals surface area (Å²) in [7, 11) is 0. The van der Waals surface area contributed by atoms with Crippen molar-refractivity contribution in [3.8, 4) is 11.5 Å². The minimum absolute atomic E-state index is 0.245. The number of fused-ring (bicyclic) bond motifs is 3. The van der Waals surface area contributed by atoms with Gasteiger partial charge in [-0.25, -0.2) is 0 Å². The highest BCUT2D eigenvalue weighted by Crippen LogP contribution is 2.38. The van der Waals surface area contributed by atoms with E-state index in [0.29, 0.717) is 6.61 Å². The van der Waals surface area contributed by atoms with Crippen molar-refractivity contribution in [2.75, 3.05) is 6.61 Å². The Morgan fingerprint density at radius 2 is 1.92 bits per heavy atom. The lowest BCUT2D eigenvalue weighted by Crippen LogP contribution is -2.10. The fourth-order valence-electron chi connectivity index (χ4n) is 3.68. The Kier molecular flexibility index (Phi) is 4.35. The normalized spacial score (nSPS) is 18.5. The van der Waals surface area contributed by atoms with Crippen LogP contribution in [-0.4, -0.2) is 12.7 Å². The summed E-state index contributed by atoms with van der Waals surface area (Å²) in [4.78, 5) is 0. The van der Waals surface area contributed by atoms with Crippen molar-refractivity contribution in [3.63, 3.8) is 0 Å². The molecule has 1 heterocycles. The van der Waals surface area contributed by atoms with Gasteiger partial charge in [-0.05, 0) is 67.2 Å². The Labute approximate surface area is 149 Å². The summed E-state index contributed by atoms with van der Waals surface area (Å²) >= 11 is 0. The third-order valence-electron chi connectivity index (χ3n) is 4.94. The van der Waals surface area contributed by atoms with Gasteiger partial charge >= 0.3 is 0 Å². The fraction of sp³-hybridized carbons (Fsp3) is 0.304. The molecular weight excluding hydrogens is 308 g/mol. The zero-order valence-corrected chi connectivity index (χ0v) is 14.9. The molecule has 25 heavy (non-hydrogen) atoms. The average molecular weight is 332 g/mol. The van der Waals surface area contributed by atoms with Gasteiger partial charge in [-0.15, -0.1) is 0 Å². The van der Waals surface area contributed by atoms with Gasteiger partial charge in [-0.1, -0.05) is 36.4 Å². The highest BCUT2D eigenvalue weighted by atomic mass is 16.5. The Balaban J connectivity index is 1.68. The molecule has 0 saturated carbocycles. The molecule has 0 N–H and O–H groups in total. The molecule has 0 fully saturated rings. The van der Waals surface area contributed by atoms with E-state index in [1.165, 1.54) is 27.8 Å². The Bertz CT molecular complexity index is 828. The van der Waals surface area contributed by atoms with E-state index in [-0.39, 0.29) is 6.10 Å². The average Bonchev–Trinajstić information content (AvgIpc) is 2.83. The largest absolute Gasteiger partial charge is 0.494 e. The molecule has 128 valence electrons. The number of hydrogen-bond acceptors (Lipinski definition) is 2. The van der Waals surface area contributed by atoms with Gasteiger partial charge in [-0.2, -0.15) is 0 Å². The van der Waals surface area contributed by atoms with Crippen LogP contribution >= 0.6 is 0 Å². The van der Waals surface area contributed by atoms with Crippen LogP contribution in [0.2, 0.25) is 0 Å². The first-order valence-corrected chi connectivity index (χ1v) is 9.17. The molecule has 2 nitrogen and oxygen atoms in total. The number of rotatable bonds is 3. The minimum Gasteiger partial charge on any atom is -0.494 e. The van der Waals surface area contributed by atoms with Crippen molar-refractivity contribution in [1.82, 2.24) is 0 Å². The SMILES string of the molecule is CCOc1ccc(C2=Cc3ccc4c(c3CC2)C=CCC(C)O4)cc1. The van der Waals surface area contributed by atoms with Gasteiger partial charge in [0.15, 0.2) is 0 Å². The maximum absolute atomic E-state index is 6.07. The molecule has 1 aliphatic carbocycles. The summed E-state index contributed by atoms with van der Waals surface area (Å²) in [5.74, 6) is 1.96. The van der Waals surface area contributed by atoms with Crippen LogP contribution < -0.4 is 9.47 Å². The second-order valence-electron chi connectivity index (χ2n) is 6.74. The molecule has 1 aliphatic heterocycles. The van der Waals surface area contributed by atoms with E-state index in [0.717, 1.165) is 30.8 Å². The lowest BCUT2D eigenvalue weighted by atomic mass is 9.86. The zero-order chi connectivity index (χ0) is 17.2. The highest BCUT2D eigenvalue weighted by molar-refractivity contribution is 5.86. The van der Waals surface area contributed by atoms with E-state index < -0.39 is 0 Å². The van der Waals surface area contributed by atoms with Crippen LogP contribution in [0.15, 0.2) is 42.5 Å². The number of allylic oxidation sites excluding steroid dienone is 1. The summed E-state index contributed by atoms with van der Waals surface area (Å²) in [6, 6.07) is 12.8. The topological polar surface area (TPSA) is 18.5 Å². The van der Waals surface area contributed by atoms with Crippen LogP contribution in [-0.2, 0) is 6.42 Å². The van der Waals surface area contributed by atoms with E-state index >= 15 is 0 Å². The molecular formula is C23H24O2. The molecule has 1 unspecified atom stereocenters. The van der Waals surface area contributed by atoms with Crippen LogP contribution in [0.25, 0.3) is 17.7 Å². The molecule has 0 spiro atoms. The van der Waals surface area contributed by atoms with Crippen LogP contribution in [0, 0.1) is 0 Å². The van der Waals surface area contributed by atoms with Crippen molar-refractivity contribution < 1.29 is 9.47 Å². The van der Waals surface area contributed by atoms with Crippen LogP contribution in [0.4, 0.5) is 0 Å². The maximum atomic E-state index is 6.07. The molecule has 0 amide bonds. The lowest BCUT2D eigenvalue weighted by molar-refractivity contribution is 0.226. The van der Waals surface area contributed by atoms with Gasteiger partial charge in [0.25, 0.3) is 0 Å². The van der Waals surface area contributed by atoms with Gasteiger partial charge in [-0.3, -0.25) is 0 Å². The summed E-state index contributed by atoms with van der Waals surface area (Å²) in [5.41, 5.74) is 6.67. The molecule has 0 saturated heterocycles. The zero-order valence-electron chi connectivity index (χ0n) is 14.9. The first-order valence-electron chi connectivity index (χ1n) is 9.17. The summed E-state index contributed by atoms with van der Waals surface area (Å²) in [6.07, 6.45) is 10.1. The fourth-order valence-corrected chi connectivity index (χ4v) is 3.68. The lowest BCUT2D eigenvalue weighted by Gasteiger charge is -2.21. The molecule has 1 atom stereocenters. The number of benzene rings is 2. The van der Waals surface area contributed by atoms with Crippen molar-refractivity contribution in [2.24, 2.45) is 0 Å².